The van der Waals surface area contributed by atoms with E-state index in [9.17, 15) is 8.42 Å². The van der Waals surface area contributed by atoms with E-state index in [4.69, 9.17) is 5.14 Å². The molecule has 8 heteroatoms. The zero-order valence-electron chi connectivity index (χ0n) is 12.3. The number of benzene rings is 2. The molecule has 4 rings (SSSR count). The van der Waals surface area contributed by atoms with Gasteiger partial charge < -0.3 is 5.32 Å². The van der Waals surface area contributed by atoms with Gasteiger partial charge >= 0.3 is 0 Å². The molecule has 0 aliphatic rings. The summed E-state index contributed by atoms with van der Waals surface area (Å²) in [7, 11) is -3.75. The van der Waals surface area contributed by atoms with E-state index < -0.39 is 10.0 Å². The molecule has 120 valence electrons. The molecule has 0 saturated carbocycles. The smallest absolute Gasteiger partial charge is 0.238 e. The van der Waals surface area contributed by atoms with Gasteiger partial charge in [-0.3, -0.25) is 0 Å². The fraction of sp³-hybridized carbons (Fsp3) is 0. The van der Waals surface area contributed by atoms with Crippen molar-refractivity contribution in [3.8, 4) is 0 Å². The first-order chi connectivity index (χ1) is 11.5. The summed E-state index contributed by atoms with van der Waals surface area (Å²) in [4.78, 5) is 8.89. The molecule has 24 heavy (non-hydrogen) atoms. The van der Waals surface area contributed by atoms with Gasteiger partial charge in [0.2, 0.25) is 16.0 Å². The molecule has 0 unspecified atom stereocenters. The molecule has 0 aliphatic carbocycles. The van der Waals surface area contributed by atoms with Crippen LogP contribution in [0.2, 0.25) is 0 Å². The molecule has 0 amide bonds. The van der Waals surface area contributed by atoms with Crippen molar-refractivity contribution in [3.05, 3.63) is 54.0 Å². The van der Waals surface area contributed by atoms with Gasteiger partial charge in [-0.25, -0.2) is 23.5 Å². The minimum Gasteiger partial charge on any atom is -0.324 e. The standard InChI is InChI=1S/C16H12N4O2S2/c17-24(21,22)12-3-1-2-11(8-12)19-16-18-9-10-4-5-14-13(6-7-23-14)15(10)20-16/h1-9H,(H2,17,21,22)(H,18,19,20). The van der Waals surface area contributed by atoms with E-state index in [-0.39, 0.29) is 4.90 Å². The zero-order chi connectivity index (χ0) is 16.7. The van der Waals surface area contributed by atoms with Gasteiger partial charge in [-0.05, 0) is 41.8 Å². The second-order valence-electron chi connectivity index (χ2n) is 5.23. The van der Waals surface area contributed by atoms with E-state index >= 15 is 0 Å². The van der Waals surface area contributed by atoms with Crippen LogP contribution in [0.5, 0.6) is 0 Å². The van der Waals surface area contributed by atoms with Gasteiger partial charge in [-0.2, -0.15) is 0 Å². The van der Waals surface area contributed by atoms with Gasteiger partial charge in [0.15, 0.2) is 0 Å². The van der Waals surface area contributed by atoms with Gasteiger partial charge in [0.1, 0.15) is 0 Å². The van der Waals surface area contributed by atoms with Crippen LogP contribution in [0, 0.1) is 0 Å². The third-order valence-electron chi connectivity index (χ3n) is 3.60. The van der Waals surface area contributed by atoms with E-state index in [1.54, 1.807) is 29.7 Å². The summed E-state index contributed by atoms with van der Waals surface area (Å²) >= 11 is 1.66. The number of rotatable bonds is 3. The van der Waals surface area contributed by atoms with E-state index in [0.717, 1.165) is 21.0 Å². The Labute approximate surface area is 142 Å². The molecule has 0 spiro atoms. The highest BCUT2D eigenvalue weighted by atomic mass is 32.2. The molecule has 2 aromatic carbocycles. The number of aromatic nitrogens is 2. The predicted octanol–water partition coefficient (Wildman–Crippen LogP) is 3.24. The summed E-state index contributed by atoms with van der Waals surface area (Å²) in [5.41, 5.74) is 1.41. The van der Waals surface area contributed by atoms with Crippen molar-refractivity contribution in [3.63, 3.8) is 0 Å². The average molecular weight is 356 g/mol. The second kappa shape index (κ2) is 5.52. The van der Waals surface area contributed by atoms with Crippen LogP contribution < -0.4 is 10.5 Å². The van der Waals surface area contributed by atoms with Crippen molar-refractivity contribution in [1.82, 2.24) is 9.97 Å². The predicted molar refractivity (Wildman–Crippen MR) is 96.0 cm³/mol. The average Bonchev–Trinajstić information content (AvgIpc) is 3.03. The van der Waals surface area contributed by atoms with Crippen LogP contribution in [0.3, 0.4) is 0 Å². The number of hydrogen-bond donors (Lipinski definition) is 2. The molecule has 0 bridgehead atoms. The Morgan fingerprint density at radius 2 is 2.00 bits per heavy atom. The molecule has 0 saturated heterocycles. The lowest BCUT2D eigenvalue weighted by atomic mass is 10.2. The minimum atomic E-state index is -3.75. The molecular weight excluding hydrogens is 344 g/mol. The van der Waals surface area contributed by atoms with Gasteiger partial charge in [0.25, 0.3) is 0 Å². The van der Waals surface area contributed by atoms with Crippen molar-refractivity contribution in [2.75, 3.05) is 5.32 Å². The lowest BCUT2D eigenvalue weighted by Gasteiger charge is -2.07. The number of thiophene rings is 1. The number of fused-ring (bicyclic) bond motifs is 3. The van der Waals surface area contributed by atoms with Gasteiger partial charge in [0.05, 0.1) is 10.4 Å². The third kappa shape index (κ3) is 2.71. The van der Waals surface area contributed by atoms with Crippen LogP contribution in [0.4, 0.5) is 11.6 Å². The van der Waals surface area contributed by atoms with Gasteiger partial charge in [-0.1, -0.05) is 6.07 Å². The fourth-order valence-electron chi connectivity index (χ4n) is 2.48. The van der Waals surface area contributed by atoms with Crippen LogP contribution in [0.1, 0.15) is 0 Å². The molecule has 3 N–H and O–H groups in total. The van der Waals surface area contributed by atoms with Crippen molar-refractivity contribution in [1.29, 1.82) is 0 Å². The number of hydrogen-bond acceptors (Lipinski definition) is 6. The van der Waals surface area contributed by atoms with E-state index in [1.165, 1.54) is 12.1 Å². The van der Waals surface area contributed by atoms with Crippen LogP contribution in [0.25, 0.3) is 21.0 Å². The number of nitrogens with two attached hydrogens (primary N) is 1. The zero-order valence-corrected chi connectivity index (χ0v) is 13.9. The maximum Gasteiger partial charge on any atom is 0.238 e. The minimum absolute atomic E-state index is 0.0357. The Morgan fingerprint density at radius 1 is 1.12 bits per heavy atom. The Hall–Kier alpha value is -2.55. The maximum atomic E-state index is 11.4. The lowest BCUT2D eigenvalue weighted by Crippen LogP contribution is -2.12. The van der Waals surface area contributed by atoms with Crippen molar-refractivity contribution in [2.24, 2.45) is 5.14 Å². The number of sulfonamides is 1. The van der Waals surface area contributed by atoms with E-state index in [2.05, 4.69) is 15.3 Å². The fourth-order valence-corrected chi connectivity index (χ4v) is 3.83. The molecule has 0 aliphatic heterocycles. The molecule has 2 heterocycles. The van der Waals surface area contributed by atoms with Crippen molar-refractivity contribution in [2.45, 2.75) is 4.90 Å². The van der Waals surface area contributed by atoms with Crippen LogP contribution >= 0.6 is 11.3 Å². The Balaban J connectivity index is 1.77. The Bertz CT molecular complexity index is 1170. The van der Waals surface area contributed by atoms with E-state index in [0.29, 0.717) is 11.6 Å². The summed E-state index contributed by atoms with van der Waals surface area (Å²) in [5, 5.41) is 12.2. The Kier molecular flexibility index (Phi) is 3.45. The summed E-state index contributed by atoms with van der Waals surface area (Å²) < 4.78 is 24.1. The molecule has 4 aromatic rings. The van der Waals surface area contributed by atoms with Crippen molar-refractivity contribution >= 4 is 54.0 Å². The largest absolute Gasteiger partial charge is 0.324 e. The topological polar surface area (TPSA) is 98.0 Å². The monoisotopic (exact) mass is 356 g/mol. The highest BCUT2D eigenvalue weighted by Crippen LogP contribution is 2.28. The van der Waals surface area contributed by atoms with Crippen LogP contribution in [0.15, 0.2) is 58.9 Å². The second-order valence-corrected chi connectivity index (χ2v) is 7.74. The van der Waals surface area contributed by atoms with Crippen molar-refractivity contribution < 1.29 is 8.42 Å². The molecule has 0 fully saturated rings. The quantitative estimate of drug-likeness (QED) is 0.587. The summed E-state index contributed by atoms with van der Waals surface area (Å²) in [6, 6.07) is 12.3. The first kappa shape index (κ1) is 15.0. The lowest BCUT2D eigenvalue weighted by molar-refractivity contribution is 0.598. The van der Waals surface area contributed by atoms with E-state index in [1.807, 2.05) is 23.6 Å². The normalized spacial score (nSPS) is 11.9. The molecule has 6 nitrogen and oxygen atoms in total. The number of primary sulfonamides is 1. The molecule has 2 aromatic heterocycles. The first-order valence-electron chi connectivity index (χ1n) is 7.03. The molecular formula is C16H12N4O2S2. The highest BCUT2D eigenvalue weighted by molar-refractivity contribution is 7.89. The Morgan fingerprint density at radius 3 is 2.83 bits per heavy atom. The molecule has 0 atom stereocenters. The van der Waals surface area contributed by atoms with Gasteiger partial charge in [-0.15, -0.1) is 11.3 Å². The van der Waals surface area contributed by atoms with Crippen LogP contribution in [-0.4, -0.2) is 18.4 Å². The van der Waals surface area contributed by atoms with Crippen LogP contribution in [-0.2, 0) is 10.0 Å². The SMILES string of the molecule is NS(=O)(=O)c1cccc(Nc2ncc3ccc4sccc4c3n2)c1. The summed E-state index contributed by atoms with van der Waals surface area (Å²) in [5.74, 6) is 0.396. The third-order valence-corrected chi connectivity index (χ3v) is 5.39. The maximum absolute atomic E-state index is 11.4. The molecule has 0 radical (unpaired) electrons. The number of anilines is 2. The van der Waals surface area contributed by atoms with Gasteiger partial charge in [0, 0.05) is 27.4 Å². The highest BCUT2D eigenvalue weighted by Gasteiger charge is 2.09. The number of nitrogens with zero attached hydrogens (tertiary/aromatic N) is 2. The summed E-state index contributed by atoms with van der Waals surface area (Å²) in [6.07, 6.45) is 1.74. The first-order valence-corrected chi connectivity index (χ1v) is 9.46. The summed E-state index contributed by atoms with van der Waals surface area (Å²) in [6.45, 7) is 0. The number of nitrogens with one attached hydrogen (secondary N) is 1.